The molecule has 0 amide bonds. The van der Waals surface area contributed by atoms with E-state index >= 15 is 0 Å². The molecule has 100 valence electrons. The smallest absolute Gasteiger partial charge is 0.145 e. The van der Waals surface area contributed by atoms with Crippen LogP contribution in [0.15, 0.2) is 24.3 Å². The lowest BCUT2D eigenvalue weighted by atomic mass is 9.82. The molecular weight excluding hydrogens is 248 g/mol. The third-order valence-electron chi connectivity index (χ3n) is 3.93. The highest BCUT2D eigenvalue weighted by Gasteiger charge is 2.24. The van der Waals surface area contributed by atoms with Crippen LogP contribution in [0.2, 0.25) is 0 Å². The van der Waals surface area contributed by atoms with Crippen molar-refractivity contribution in [1.29, 1.82) is 5.26 Å². The quantitative estimate of drug-likeness (QED) is 0.859. The first kappa shape index (κ1) is 12.6. The number of rotatable bonds is 1. The number of aromatic nitrogens is 2. The van der Waals surface area contributed by atoms with E-state index in [4.69, 9.17) is 11.0 Å². The molecule has 0 bridgehead atoms. The first-order valence-corrected chi connectivity index (χ1v) is 6.82. The number of nitriles is 1. The first-order chi connectivity index (χ1) is 9.70. The van der Waals surface area contributed by atoms with E-state index in [1.54, 1.807) is 0 Å². The zero-order valence-electron chi connectivity index (χ0n) is 11.4. The standard InChI is InChI=1S/C16H16N4/c1-10-14(9-17)15(18)20-16(19-10)13-8-4-6-11-5-2-3-7-12(11)13/h2-3,5,7,13H,4,6,8H2,1H3,(H2,18,19,20). The average molecular weight is 264 g/mol. The van der Waals surface area contributed by atoms with Crippen LogP contribution in [-0.2, 0) is 6.42 Å². The minimum atomic E-state index is 0.189. The monoisotopic (exact) mass is 264 g/mol. The summed E-state index contributed by atoms with van der Waals surface area (Å²) in [6.07, 6.45) is 3.27. The van der Waals surface area contributed by atoms with Gasteiger partial charge < -0.3 is 5.73 Å². The Hall–Kier alpha value is -2.41. The molecule has 0 aliphatic heterocycles. The van der Waals surface area contributed by atoms with Crippen LogP contribution in [0.25, 0.3) is 0 Å². The first-order valence-electron chi connectivity index (χ1n) is 6.82. The van der Waals surface area contributed by atoms with Gasteiger partial charge >= 0.3 is 0 Å². The molecule has 1 aromatic heterocycles. The van der Waals surface area contributed by atoms with Crippen LogP contribution in [0, 0.1) is 18.3 Å². The molecule has 1 unspecified atom stereocenters. The fourth-order valence-corrected chi connectivity index (χ4v) is 2.93. The molecule has 1 heterocycles. The predicted molar refractivity (Wildman–Crippen MR) is 77.1 cm³/mol. The number of fused-ring (bicyclic) bond motifs is 1. The molecule has 0 saturated heterocycles. The highest BCUT2D eigenvalue weighted by atomic mass is 15.0. The van der Waals surface area contributed by atoms with Crippen LogP contribution in [0.3, 0.4) is 0 Å². The van der Waals surface area contributed by atoms with Crippen molar-refractivity contribution in [2.75, 3.05) is 5.73 Å². The van der Waals surface area contributed by atoms with E-state index in [0.717, 1.165) is 25.1 Å². The average Bonchev–Trinajstić information content (AvgIpc) is 2.46. The summed E-state index contributed by atoms with van der Waals surface area (Å²) in [7, 11) is 0. The molecule has 2 aromatic rings. The van der Waals surface area contributed by atoms with Crippen molar-refractivity contribution in [1.82, 2.24) is 9.97 Å². The predicted octanol–water partition coefficient (Wildman–Crippen LogP) is 2.71. The summed E-state index contributed by atoms with van der Waals surface area (Å²) >= 11 is 0. The number of benzene rings is 1. The van der Waals surface area contributed by atoms with Crippen LogP contribution in [0.4, 0.5) is 5.82 Å². The van der Waals surface area contributed by atoms with Crippen molar-refractivity contribution in [2.45, 2.75) is 32.1 Å². The largest absolute Gasteiger partial charge is 0.382 e. The van der Waals surface area contributed by atoms with Crippen molar-refractivity contribution in [3.05, 3.63) is 52.5 Å². The van der Waals surface area contributed by atoms with Gasteiger partial charge in [-0.1, -0.05) is 24.3 Å². The van der Waals surface area contributed by atoms with Gasteiger partial charge in [0.25, 0.3) is 0 Å². The van der Waals surface area contributed by atoms with E-state index in [2.05, 4.69) is 40.3 Å². The molecule has 0 radical (unpaired) electrons. The zero-order valence-corrected chi connectivity index (χ0v) is 11.4. The van der Waals surface area contributed by atoms with Gasteiger partial charge in [-0.05, 0) is 37.3 Å². The maximum absolute atomic E-state index is 9.05. The molecule has 1 atom stereocenters. The summed E-state index contributed by atoms with van der Waals surface area (Å²) in [5, 5.41) is 9.05. The van der Waals surface area contributed by atoms with E-state index in [-0.39, 0.29) is 11.7 Å². The number of hydrogen-bond donors (Lipinski definition) is 1. The molecule has 0 saturated carbocycles. The van der Waals surface area contributed by atoms with E-state index < -0.39 is 0 Å². The maximum atomic E-state index is 9.05. The van der Waals surface area contributed by atoms with Crippen LogP contribution >= 0.6 is 0 Å². The van der Waals surface area contributed by atoms with E-state index in [1.807, 2.05) is 6.92 Å². The summed E-state index contributed by atoms with van der Waals surface area (Å²) in [6.45, 7) is 1.81. The Morgan fingerprint density at radius 1 is 1.30 bits per heavy atom. The minimum Gasteiger partial charge on any atom is -0.382 e. The number of nitrogens with zero attached hydrogens (tertiary/aromatic N) is 3. The summed E-state index contributed by atoms with van der Waals surface area (Å²) in [4.78, 5) is 8.89. The van der Waals surface area contributed by atoms with Crippen LogP contribution < -0.4 is 5.73 Å². The Labute approximate surface area is 118 Å². The number of nitrogen functional groups attached to an aromatic ring is 1. The topological polar surface area (TPSA) is 75.6 Å². The molecule has 4 nitrogen and oxygen atoms in total. The molecule has 1 aromatic carbocycles. The van der Waals surface area contributed by atoms with E-state index in [9.17, 15) is 0 Å². The third kappa shape index (κ3) is 2.01. The summed E-state index contributed by atoms with van der Waals surface area (Å²) in [5.41, 5.74) is 9.60. The van der Waals surface area contributed by atoms with Gasteiger partial charge in [0.2, 0.25) is 0 Å². The molecule has 2 N–H and O–H groups in total. The highest BCUT2D eigenvalue weighted by Crippen LogP contribution is 2.35. The van der Waals surface area contributed by atoms with Crippen molar-refractivity contribution in [3.8, 4) is 6.07 Å². The Morgan fingerprint density at radius 2 is 2.10 bits per heavy atom. The second-order valence-corrected chi connectivity index (χ2v) is 5.18. The third-order valence-corrected chi connectivity index (χ3v) is 3.93. The molecule has 0 fully saturated rings. The van der Waals surface area contributed by atoms with Crippen LogP contribution in [0.5, 0.6) is 0 Å². The molecular formula is C16H16N4. The molecule has 0 spiro atoms. The van der Waals surface area contributed by atoms with Gasteiger partial charge in [-0.3, -0.25) is 0 Å². The molecule has 3 rings (SSSR count). The fraction of sp³-hybridized carbons (Fsp3) is 0.312. The van der Waals surface area contributed by atoms with E-state index in [1.165, 1.54) is 11.1 Å². The summed E-state index contributed by atoms with van der Waals surface area (Å²) < 4.78 is 0. The second-order valence-electron chi connectivity index (χ2n) is 5.18. The SMILES string of the molecule is Cc1nc(C2CCCc3ccccc32)nc(N)c1C#N. The van der Waals surface area contributed by atoms with Crippen molar-refractivity contribution < 1.29 is 0 Å². The normalized spacial score (nSPS) is 17.3. The van der Waals surface area contributed by atoms with Gasteiger partial charge in [-0.2, -0.15) is 5.26 Å². The molecule has 4 heteroatoms. The molecule has 1 aliphatic rings. The van der Waals surface area contributed by atoms with Crippen molar-refractivity contribution in [3.63, 3.8) is 0 Å². The Morgan fingerprint density at radius 3 is 2.85 bits per heavy atom. The summed E-state index contributed by atoms with van der Waals surface area (Å²) in [6, 6.07) is 10.5. The zero-order chi connectivity index (χ0) is 14.1. The number of aryl methyl sites for hydroxylation is 2. The number of nitrogens with two attached hydrogens (primary N) is 1. The van der Waals surface area contributed by atoms with Crippen LogP contribution in [0.1, 0.15) is 47.0 Å². The lowest BCUT2D eigenvalue weighted by molar-refractivity contribution is 0.589. The Bertz CT molecular complexity index is 677. The van der Waals surface area contributed by atoms with Crippen LogP contribution in [-0.4, -0.2) is 9.97 Å². The molecule has 1 aliphatic carbocycles. The lowest BCUT2D eigenvalue weighted by Gasteiger charge is -2.24. The summed E-state index contributed by atoms with van der Waals surface area (Å²) in [5.74, 6) is 1.22. The lowest BCUT2D eigenvalue weighted by Crippen LogP contribution is -2.16. The fourth-order valence-electron chi connectivity index (χ4n) is 2.93. The second kappa shape index (κ2) is 4.93. The maximum Gasteiger partial charge on any atom is 0.145 e. The van der Waals surface area contributed by atoms with Gasteiger partial charge in [-0.15, -0.1) is 0 Å². The minimum absolute atomic E-state index is 0.189. The number of hydrogen-bond acceptors (Lipinski definition) is 4. The highest BCUT2D eigenvalue weighted by molar-refractivity contribution is 5.51. The number of anilines is 1. The van der Waals surface area contributed by atoms with Crippen molar-refractivity contribution >= 4 is 5.82 Å². The van der Waals surface area contributed by atoms with Gasteiger partial charge in [0, 0.05) is 5.92 Å². The Balaban J connectivity index is 2.10. The van der Waals surface area contributed by atoms with Gasteiger partial charge in [-0.25, -0.2) is 9.97 Å². The van der Waals surface area contributed by atoms with Gasteiger partial charge in [0.1, 0.15) is 23.3 Å². The van der Waals surface area contributed by atoms with Gasteiger partial charge in [0.05, 0.1) is 5.69 Å². The van der Waals surface area contributed by atoms with Gasteiger partial charge in [0.15, 0.2) is 0 Å². The molecule has 20 heavy (non-hydrogen) atoms. The Kier molecular flexibility index (Phi) is 3.11. The van der Waals surface area contributed by atoms with Crippen molar-refractivity contribution in [2.24, 2.45) is 0 Å². The van der Waals surface area contributed by atoms with E-state index in [0.29, 0.717) is 11.3 Å².